The van der Waals surface area contributed by atoms with Crippen molar-refractivity contribution in [3.05, 3.63) is 48.3 Å². The molecular formula is C15H20N4O2. The summed E-state index contributed by atoms with van der Waals surface area (Å²) in [5, 5.41) is 11.0. The van der Waals surface area contributed by atoms with Crippen LogP contribution in [0.3, 0.4) is 0 Å². The summed E-state index contributed by atoms with van der Waals surface area (Å²) in [6.45, 7) is 5.94. The zero-order valence-corrected chi connectivity index (χ0v) is 12.5. The minimum absolute atomic E-state index is 0.256. The topological polar surface area (TPSA) is 69.0 Å². The van der Waals surface area contributed by atoms with Crippen LogP contribution in [0.5, 0.6) is 0 Å². The van der Waals surface area contributed by atoms with Gasteiger partial charge in [-0.15, -0.1) is 0 Å². The van der Waals surface area contributed by atoms with Crippen LogP contribution in [0.25, 0.3) is 0 Å². The standard InChI is InChI=1S/C15H20N4O2/c1-15(2,3)21-14(20)18-13(11-19-16-9-10-17-19)12-7-5-4-6-8-12/h4-10,13H,11H2,1-3H3,(H,18,20). The van der Waals surface area contributed by atoms with Gasteiger partial charge in [0.05, 0.1) is 25.0 Å². The molecule has 6 nitrogen and oxygen atoms in total. The van der Waals surface area contributed by atoms with Gasteiger partial charge in [-0.2, -0.15) is 15.0 Å². The Kier molecular flexibility index (Phi) is 4.57. The molecule has 0 aliphatic heterocycles. The van der Waals surface area contributed by atoms with Crippen molar-refractivity contribution in [2.75, 3.05) is 0 Å². The molecule has 0 aliphatic rings. The average molecular weight is 288 g/mol. The number of carbonyl (C=O) groups excluding carboxylic acids is 1. The molecular weight excluding hydrogens is 268 g/mol. The summed E-state index contributed by atoms with van der Waals surface area (Å²) in [4.78, 5) is 13.5. The smallest absolute Gasteiger partial charge is 0.408 e. The number of rotatable bonds is 4. The first-order chi connectivity index (χ1) is 9.94. The summed E-state index contributed by atoms with van der Waals surface area (Å²) in [7, 11) is 0. The van der Waals surface area contributed by atoms with Crippen LogP contribution in [0.2, 0.25) is 0 Å². The fourth-order valence-electron chi connectivity index (χ4n) is 1.87. The van der Waals surface area contributed by atoms with Crippen molar-refractivity contribution >= 4 is 6.09 Å². The molecule has 1 aromatic heterocycles. The third-order valence-corrected chi connectivity index (χ3v) is 2.71. The summed E-state index contributed by atoms with van der Waals surface area (Å²) in [5.74, 6) is 0. The van der Waals surface area contributed by atoms with Crippen molar-refractivity contribution in [3.63, 3.8) is 0 Å². The number of hydrogen-bond donors (Lipinski definition) is 1. The zero-order valence-electron chi connectivity index (χ0n) is 12.5. The van der Waals surface area contributed by atoms with Crippen molar-refractivity contribution in [2.45, 2.75) is 39.0 Å². The van der Waals surface area contributed by atoms with E-state index in [-0.39, 0.29) is 6.04 Å². The molecule has 1 aromatic carbocycles. The van der Waals surface area contributed by atoms with Crippen LogP contribution >= 0.6 is 0 Å². The molecule has 1 heterocycles. The molecule has 2 rings (SSSR count). The van der Waals surface area contributed by atoms with Crippen LogP contribution in [0.4, 0.5) is 4.79 Å². The van der Waals surface area contributed by atoms with Crippen molar-refractivity contribution in [3.8, 4) is 0 Å². The maximum atomic E-state index is 12.0. The maximum Gasteiger partial charge on any atom is 0.408 e. The number of hydrogen-bond acceptors (Lipinski definition) is 4. The Morgan fingerprint density at radius 1 is 1.24 bits per heavy atom. The second kappa shape index (κ2) is 6.39. The summed E-state index contributed by atoms with van der Waals surface area (Å²) < 4.78 is 5.31. The zero-order chi connectivity index (χ0) is 15.3. The second-order valence-electron chi connectivity index (χ2n) is 5.69. The molecule has 21 heavy (non-hydrogen) atoms. The fraction of sp³-hybridized carbons (Fsp3) is 0.400. The van der Waals surface area contributed by atoms with Crippen molar-refractivity contribution in [1.29, 1.82) is 0 Å². The molecule has 0 spiro atoms. The number of alkyl carbamates (subject to hydrolysis) is 1. The molecule has 0 saturated heterocycles. The molecule has 2 aromatic rings. The van der Waals surface area contributed by atoms with Gasteiger partial charge >= 0.3 is 6.09 Å². The van der Waals surface area contributed by atoms with E-state index < -0.39 is 11.7 Å². The van der Waals surface area contributed by atoms with Gasteiger partial charge in [0.2, 0.25) is 0 Å². The normalized spacial score (nSPS) is 12.7. The van der Waals surface area contributed by atoms with Gasteiger partial charge in [0, 0.05) is 0 Å². The summed E-state index contributed by atoms with van der Waals surface area (Å²) in [6.07, 6.45) is 2.76. The van der Waals surface area contributed by atoms with E-state index in [0.717, 1.165) is 5.56 Å². The van der Waals surface area contributed by atoms with Gasteiger partial charge in [-0.1, -0.05) is 30.3 Å². The number of benzene rings is 1. The van der Waals surface area contributed by atoms with E-state index in [0.29, 0.717) is 6.54 Å². The van der Waals surface area contributed by atoms with E-state index in [1.165, 1.54) is 4.80 Å². The van der Waals surface area contributed by atoms with Gasteiger partial charge in [0.25, 0.3) is 0 Å². The summed E-state index contributed by atoms with van der Waals surface area (Å²) in [5.41, 5.74) is 0.440. The van der Waals surface area contributed by atoms with Crippen molar-refractivity contribution in [2.24, 2.45) is 0 Å². The highest BCUT2D eigenvalue weighted by Gasteiger charge is 2.21. The van der Waals surface area contributed by atoms with Crippen LogP contribution in [0.15, 0.2) is 42.7 Å². The Bertz CT molecular complexity index is 561. The predicted molar refractivity (Wildman–Crippen MR) is 78.6 cm³/mol. The highest BCUT2D eigenvalue weighted by atomic mass is 16.6. The number of aromatic nitrogens is 3. The average Bonchev–Trinajstić information content (AvgIpc) is 2.90. The van der Waals surface area contributed by atoms with Gasteiger partial charge in [-0.25, -0.2) is 4.79 Å². The number of carbonyl (C=O) groups is 1. The van der Waals surface area contributed by atoms with E-state index in [1.54, 1.807) is 12.4 Å². The van der Waals surface area contributed by atoms with E-state index in [2.05, 4.69) is 15.5 Å². The fourth-order valence-corrected chi connectivity index (χ4v) is 1.87. The molecule has 1 amide bonds. The molecule has 1 unspecified atom stereocenters. The van der Waals surface area contributed by atoms with E-state index in [1.807, 2.05) is 51.1 Å². The van der Waals surface area contributed by atoms with Gasteiger partial charge in [0.1, 0.15) is 5.60 Å². The Morgan fingerprint density at radius 3 is 2.43 bits per heavy atom. The predicted octanol–water partition coefficient (Wildman–Crippen LogP) is 2.54. The lowest BCUT2D eigenvalue weighted by molar-refractivity contribution is 0.0496. The first kappa shape index (κ1) is 15.0. The SMILES string of the molecule is CC(C)(C)OC(=O)NC(Cn1nccn1)c1ccccc1. The molecule has 112 valence electrons. The molecule has 0 bridgehead atoms. The molecule has 0 saturated carbocycles. The van der Waals surface area contributed by atoms with Crippen LogP contribution < -0.4 is 5.32 Å². The van der Waals surface area contributed by atoms with Gasteiger partial charge in [-0.05, 0) is 26.3 Å². The Labute approximate surface area is 124 Å². The highest BCUT2D eigenvalue weighted by Crippen LogP contribution is 2.16. The van der Waals surface area contributed by atoms with Crippen LogP contribution in [0, 0.1) is 0 Å². The number of nitrogens with zero attached hydrogens (tertiary/aromatic N) is 3. The molecule has 1 atom stereocenters. The van der Waals surface area contributed by atoms with Gasteiger partial charge in [0.15, 0.2) is 0 Å². The molecule has 0 aliphatic carbocycles. The molecule has 0 radical (unpaired) electrons. The lowest BCUT2D eigenvalue weighted by Gasteiger charge is -2.23. The molecule has 1 N–H and O–H groups in total. The quantitative estimate of drug-likeness (QED) is 0.938. The van der Waals surface area contributed by atoms with Crippen LogP contribution in [-0.2, 0) is 11.3 Å². The van der Waals surface area contributed by atoms with Crippen LogP contribution in [0.1, 0.15) is 32.4 Å². The first-order valence-electron chi connectivity index (χ1n) is 6.82. The Hall–Kier alpha value is -2.37. The second-order valence-corrected chi connectivity index (χ2v) is 5.69. The van der Waals surface area contributed by atoms with Crippen molar-refractivity contribution < 1.29 is 9.53 Å². The Balaban J connectivity index is 2.11. The lowest BCUT2D eigenvalue weighted by atomic mass is 10.1. The third-order valence-electron chi connectivity index (χ3n) is 2.71. The number of ether oxygens (including phenoxy) is 1. The van der Waals surface area contributed by atoms with Crippen molar-refractivity contribution in [1.82, 2.24) is 20.3 Å². The van der Waals surface area contributed by atoms with Crippen LogP contribution in [-0.4, -0.2) is 26.7 Å². The maximum absolute atomic E-state index is 12.0. The minimum Gasteiger partial charge on any atom is -0.444 e. The largest absolute Gasteiger partial charge is 0.444 e. The van der Waals surface area contributed by atoms with E-state index >= 15 is 0 Å². The third kappa shape index (κ3) is 4.91. The summed E-state index contributed by atoms with van der Waals surface area (Å²) in [6, 6.07) is 9.43. The van der Waals surface area contributed by atoms with E-state index in [9.17, 15) is 4.79 Å². The number of nitrogens with one attached hydrogen (secondary N) is 1. The summed E-state index contributed by atoms with van der Waals surface area (Å²) >= 11 is 0. The van der Waals surface area contributed by atoms with Gasteiger partial charge in [-0.3, -0.25) is 0 Å². The molecule has 0 fully saturated rings. The van der Waals surface area contributed by atoms with Gasteiger partial charge < -0.3 is 10.1 Å². The lowest BCUT2D eigenvalue weighted by Crippen LogP contribution is -2.36. The number of amides is 1. The first-order valence-corrected chi connectivity index (χ1v) is 6.82. The minimum atomic E-state index is -0.532. The monoisotopic (exact) mass is 288 g/mol. The highest BCUT2D eigenvalue weighted by molar-refractivity contribution is 5.68. The Morgan fingerprint density at radius 2 is 1.86 bits per heavy atom. The molecule has 6 heteroatoms. The van der Waals surface area contributed by atoms with E-state index in [4.69, 9.17) is 4.74 Å².